The summed E-state index contributed by atoms with van der Waals surface area (Å²) in [7, 11) is 1.69. The zero-order valence-corrected chi connectivity index (χ0v) is 9.80. The summed E-state index contributed by atoms with van der Waals surface area (Å²) < 4.78 is 6.08. The van der Waals surface area contributed by atoms with Crippen molar-refractivity contribution in [3.8, 4) is 17.0 Å². The van der Waals surface area contributed by atoms with Gasteiger partial charge in [0.1, 0.15) is 5.75 Å². The van der Waals surface area contributed by atoms with Crippen LogP contribution in [0.1, 0.15) is 10.4 Å². The van der Waals surface area contributed by atoms with Crippen LogP contribution in [0.15, 0.2) is 18.2 Å². The number of aromatic nitrogens is 1. The lowest BCUT2D eigenvalue weighted by molar-refractivity contribution is 0.415. The van der Waals surface area contributed by atoms with Crippen molar-refractivity contribution in [2.24, 2.45) is 0 Å². The maximum Gasteiger partial charge on any atom is 0.159 e. The molecule has 0 amide bonds. The first kappa shape index (κ1) is 9.12. The van der Waals surface area contributed by atoms with E-state index in [0.717, 1.165) is 16.1 Å². The topological polar surface area (TPSA) is 25.0 Å². The van der Waals surface area contributed by atoms with Crippen LogP contribution in [0.25, 0.3) is 11.3 Å². The first-order chi connectivity index (χ1) is 7.28. The molecule has 0 radical (unpaired) electrons. The molecule has 1 N–H and O–H groups in total. The van der Waals surface area contributed by atoms with Crippen molar-refractivity contribution in [2.45, 2.75) is 6.42 Å². The molecule has 3 rings (SSSR count). The molecule has 0 fully saturated rings. The molecule has 0 atom stereocenters. The number of thiazole rings is 1. The third-order valence-electron chi connectivity index (χ3n) is 2.66. The molecule has 0 aliphatic heterocycles. The molecule has 1 aromatic carbocycles. The van der Waals surface area contributed by atoms with Crippen molar-refractivity contribution in [3.05, 3.63) is 32.6 Å². The lowest BCUT2D eigenvalue weighted by Gasteiger charge is -2.03. The smallest absolute Gasteiger partial charge is 0.159 e. The van der Waals surface area contributed by atoms with Gasteiger partial charge < -0.3 is 9.72 Å². The van der Waals surface area contributed by atoms with Crippen molar-refractivity contribution in [3.63, 3.8) is 0 Å². The Labute approximate surface area is 96.5 Å². The summed E-state index contributed by atoms with van der Waals surface area (Å²) >= 11 is 6.81. The van der Waals surface area contributed by atoms with E-state index in [-0.39, 0.29) is 0 Å². The maximum atomic E-state index is 5.22. The molecule has 2 nitrogen and oxygen atoms in total. The molecule has 0 unspecified atom stereocenters. The Morgan fingerprint density at radius 1 is 1.47 bits per heavy atom. The summed E-state index contributed by atoms with van der Waals surface area (Å²) in [6.07, 6.45) is 0.993. The van der Waals surface area contributed by atoms with E-state index in [0.29, 0.717) is 0 Å². The van der Waals surface area contributed by atoms with Crippen molar-refractivity contribution in [2.75, 3.05) is 7.11 Å². The minimum absolute atomic E-state index is 0.855. The quantitative estimate of drug-likeness (QED) is 0.654. The van der Waals surface area contributed by atoms with Crippen LogP contribution in [0.5, 0.6) is 5.75 Å². The highest BCUT2D eigenvalue weighted by atomic mass is 32.1. The highest BCUT2D eigenvalue weighted by Crippen LogP contribution is 2.39. The normalized spacial score (nSPS) is 12.3. The number of methoxy groups -OCH3 is 1. The van der Waals surface area contributed by atoms with E-state index >= 15 is 0 Å². The lowest BCUT2D eigenvalue weighted by Crippen LogP contribution is -1.85. The number of ether oxygens (including phenoxy) is 1. The third-order valence-corrected chi connectivity index (χ3v) is 3.89. The molecule has 1 aromatic heterocycles. The van der Waals surface area contributed by atoms with Gasteiger partial charge in [-0.2, -0.15) is 0 Å². The average Bonchev–Trinajstić information content (AvgIpc) is 2.73. The van der Waals surface area contributed by atoms with Gasteiger partial charge >= 0.3 is 0 Å². The Hall–Kier alpha value is -1.13. The molecule has 0 bridgehead atoms. The van der Waals surface area contributed by atoms with Gasteiger partial charge in [-0.25, -0.2) is 0 Å². The molecule has 4 heteroatoms. The van der Waals surface area contributed by atoms with Crippen LogP contribution in [0.2, 0.25) is 0 Å². The van der Waals surface area contributed by atoms with Crippen molar-refractivity contribution >= 4 is 23.6 Å². The van der Waals surface area contributed by atoms with E-state index in [2.05, 4.69) is 17.1 Å². The Morgan fingerprint density at radius 3 is 3.13 bits per heavy atom. The predicted molar refractivity (Wildman–Crippen MR) is 64.3 cm³/mol. The molecule has 2 aromatic rings. The molecule has 1 heterocycles. The summed E-state index contributed by atoms with van der Waals surface area (Å²) in [6, 6.07) is 6.20. The van der Waals surface area contributed by atoms with Crippen LogP contribution in [-0.2, 0) is 6.42 Å². The van der Waals surface area contributed by atoms with E-state index in [1.807, 2.05) is 6.07 Å². The number of hydrogen-bond acceptors (Lipinski definition) is 3. The third kappa shape index (κ3) is 1.33. The van der Waals surface area contributed by atoms with Crippen molar-refractivity contribution in [1.29, 1.82) is 0 Å². The van der Waals surface area contributed by atoms with Gasteiger partial charge in [0.25, 0.3) is 0 Å². The second-order valence-electron chi connectivity index (χ2n) is 3.51. The molecule has 1 aliphatic carbocycles. The van der Waals surface area contributed by atoms with Crippen molar-refractivity contribution in [1.82, 2.24) is 4.98 Å². The number of aromatic amines is 1. The number of H-pyrrole nitrogens is 1. The Balaban J connectivity index is 2.24. The molecular weight excluding hydrogens is 226 g/mol. The summed E-state index contributed by atoms with van der Waals surface area (Å²) in [5.41, 5.74) is 3.76. The van der Waals surface area contributed by atoms with Gasteiger partial charge in [-0.1, -0.05) is 6.07 Å². The van der Waals surface area contributed by atoms with E-state index in [1.165, 1.54) is 21.7 Å². The zero-order chi connectivity index (χ0) is 10.4. The number of rotatable bonds is 1. The molecule has 1 aliphatic rings. The van der Waals surface area contributed by atoms with Gasteiger partial charge in [-0.3, -0.25) is 0 Å². The van der Waals surface area contributed by atoms with Gasteiger partial charge in [-0.05, 0) is 29.9 Å². The van der Waals surface area contributed by atoms with Gasteiger partial charge in [0.15, 0.2) is 3.95 Å². The first-order valence-corrected chi connectivity index (χ1v) is 5.89. The zero-order valence-electron chi connectivity index (χ0n) is 8.16. The van der Waals surface area contributed by atoms with Gasteiger partial charge in [0.05, 0.1) is 12.8 Å². The fourth-order valence-corrected chi connectivity index (χ4v) is 3.22. The summed E-state index contributed by atoms with van der Waals surface area (Å²) in [5, 5.41) is 0. The largest absolute Gasteiger partial charge is 0.497 e. The standard InChI is InChI=1S/C11H9NOS2/c1-13-7-3-2-6-4-9-10(8(6)5-7)12-11(14)15-9/h2-3,5H,4H2,1H3,(H,12,14). The fraction of sp³-hybridized carbons (Fsp3) is 0.182. The number of fused-ring (bicyclic) bond motifs is 3. The molecule has 0 saturated carbocycles. The predicted octanol–water partition coefficient (Wildman–Crippen LogP) is 3.39. The monoisotopic (exact) mass is 235 g/mol. The Bertz CT molecular complexity index is 583. The van der Waals surface area contributed by atoms with Gasteiger partial charge in [0, 0.05) is 16.9 Å². The fourth-order valence-electron chi connectivity index (χ4n) is 1.94. The van der Waals surface area contributed by atoms with Crippen LogP contribution in [0.3, 0.4) is 0 Å². The minimum atomic E-state index is 0.855. The summed E-state index contributed by atoms with van der Waals surface area (Å²) in [4.78, 5) is 4.58. The van der Waals surface area contributed by atoms with Crippen LogP contribution >= 0.6 is 23.6 Å². The Morgan fingerprint density at radius 2 is 2.33 bits per heavy atom. The van der Waals surface area contributed by atoms with E-state index in [4.69, 9.17) is 17.0 Å². The van der Waals surface area contributed by atoms with E-state index in [1.54, 1.807) is 18.4 Å². The van der Waals surface area contributed by atoms with E-state index in [9.17, 15) is 0 Å². The second kappa shape index (κ2) is 3.18. The van der Waals surface area contributed by atoms with Crippen molar-refractivity contribution < 1.29 is 4.74 Å². The first-order valence-electron chi connectivity index (χ1n) is 4.67. The molecular formula is C11H9NOS2. The van der Waals surface area contributed by atoms with Crippen LogP contribution in [0, 0.1) is 3.95 Å². The van der Waals surface area contributed by atoms with Gasteiger partial charge in [0.2, 0.25) is 0 Å². The highest BCUT2D eigenvalue weighted by Gasteiger charge is 2.21. The SMILES string of the molecule is COc1ccc2c(c1)-c1[nH]c(=S)sc1C2. The highest BCUT2D eigenvalue weighted by molar-refractivity contribution is 7.73. The van der Waals surface area contributed by atoms with Crippen LogP contribution in [-0.4, -0.2) is 12.1 Å². The Kier molecular flexibility index (Phi) is 1.94. The lowest BCUT2D eigenvalue weighted by atomic mass is 10.1. The average molecular weight is 235 g/mol. The summed E-state index contributed by atoms with van der Waals surface area (Å²) in [5.74, 6) is 0.895. The summed E-state index contributed by atoms with van der Waals surface area (Å²) in [6.45, 7) is 0. The maximum absolute atomic E-state index is 5.22. The second-order valence-corrected chi connectivity index (χ2v) is 5.28. The van der Waals surface area contributed by atoms with Crippen LogP contribution < -0.4 is 4.74 Å². The van der Waals surface area contributed by atoms with Gasteiger partial charge in [-0.15, -0.1) is 11.3 Å². The van der Waals surface area contributed by atoms with E-state index < -0.39 is 0 Å². The molecule has 76 valence electrons. The molecule has 0 saturated heterocycles. The number of benzene rings is 1. The minimum Gasteiger partial charge on any atom is -0.497 e. The number of nitrogens with one attached hydrogen (secondary N) is 1. The molecule has 15 heavy (non-hydrogen) atoms. The van der Waals surface area contributed by atoms with Crippen LogP contribution in [0.4, 0.5) is 0 Å². The molecule has 0 spiro atoms. The number of hydrogen-bond donors (Lipinski definition) is 1.